The monoisotopic (exact) mass is 192 g/mol. The van der Waals surface area contributed by atoms with Crippen LogP contribution < -0.4 is 0 Å². The Kier molecular flexibility index (Phi) is 1.93. The molecule has 13 heavy (non-hydrogen) atoms. The molecule has 0 atom stereocenters. The van der Waals surface area contributed by atoms with Gasteiger partial charge in [0.1, 0.15) is 11.0 Å². The van der Waals surface area contributed by atoms with Crippen molar-refractivity contribution in [2.24, 2.45) is 0 Å². The smallest absolute Gasteiger partial charge is 0.140 e. The van der Waals surface area contributed by atoms with Gasteiger partial charge in [-0.05, 0) is 26.0 Å². The number of hydrogen-bond donors (Lipinski definition) is 0. The topological polar surface area (TPSA) is 25.8 Å². The molecule has 66 valence electrons. The summed E-state index contributed by atoms with van der Waals surface area (Å²) in [5, 5.41) is 1.46. The molecule has 0 aliphatic heterocycles. The first-order chi connectivity index (χ1) is 6.16. The lowest BCUT2D eigenvalue weighted by Crippen LogP contribution is -1.90. The van der Waals surface area contributed by atoms with Crippen LogP contribution in [0.4, 0.5) is 0 Å². The summed E-state index contributed by atoms with van der Waals surface area (Å²) in [4.78, 5) is 8.38. The average Bonchev–Trinajstić information content (AvgIpc) is 2.06. The highest BCUT2D eigenvalue weighted by molar-refractivity contribution is 6.34. The first kappa shape index (κ1) is 8.45. The zero-order chi connectivity index (χ0) is 9.42. The first-order valence-electron chi connectivity index (χ1n) is 4.07. The van der Waals surface area contributed by atoms with Gasteiger partial charge in [0.2, 0.25) is 0 Å². The molecule has 0 bridgehead atoms. The minimum Gasteiger partial charge on any atom is -0.233 e. The Morgan fingerprint density at radius 1 is 1.15 bits per heavy atom. The van der Waals surface area contributed by atoms with Gasteiger partial charge in [-0.25, -0.2) is 9.97 Å². The van der Waals surface area contributed by atoms with Gasteiger partial charge in [0, 0.05) is 5.39 Å². The Balaban J connectivity index is 2.87. The normalized spacial score (nSPS) is 10.7. The van der Waals surface area contributed by atoms with Crippen molar-refractivity contribution in [2.75, 3.05) is 0 Å². The second-order valence-electron chi connectivity index (χ2n) is 3.08. The van der Waals surface area contributed by atoms with E-state index >= 15 is 0 Å². The van der Waals surface area contributed by atoms with E-state index in [9.17, 15) is 0 Å². The molecule has 3 heteroatoms. The fourth-order valence-corrected chi connectivity index (χ4v) is 1.59. The SMILES string of the molecule is Cc1ccc2nc(C)nc(Cl)c2c1. The van der Waals surface area contributed by atoms with Crippen LogP contribution in [0.25, 0.3) is 10.9 Å². The molecule has 0 radical (unpaired) electrons. The van der Waals surface area contributed by atoms with E-state index in [0.717, 1.165) is 10.9 Å². The molecule has 0 saturated carbocycles. The number of benzene rings is 1. The number of hydrogen-bond acceptors (Lipinski definition) is 2. The van der Waals surface area contributed by atoms with E-state index in [1.807, 2.05) is 32.0 Å². The van der Waals surface area contributed by atoms with Gasteiger partial charge < -0.3 is 0 Å². The number of rotatable bonds is 0. The molecular weight excluding hydrogens is 184 g/mol. The van der Waals surface area contributed by atoms with Crippen LogP contribution >= 0.6 is 11.6 Å². The molecule has 0 amide bonds. The van der Waals surface area contributed by atoms with Crippen molar-refractivity contribution in [3.63, 3.8) is 0 Å². The minimum absolute atomic E-state index is 0.534. The third kappa shape index (κ3) is 1.49. The van der Waals surface area contributed by atoms with E-state index in [1.54, 1.807) is 0 Å². The lowest BCUT2D eigenvalue weighted by atomic mass is 10.2. The van der Waals surface area contributed by atoms with Crippen molar-refractivity contribution >= 4 is 22.5 Å². The van der Waals surface area contributed by atoms with E-state index in [1.165, 1.54) is 5.56 Å². The number of aromatic nitrogens is 2. The first-order valence-corrected chi connectivity index (χ1v) is 4.45. The minimum atomic E-state index is 0.534. The molecule has 0 fully saturated rings. The van der Waals surface area contributed by atoms with Gasteiger partial charge in [-0.1, -0.05) is 23.2 Å². The third-order valence-corrected chi connectivity index (χ3v) is 2.20. The molecule has 2 nitrogen and oxygen atoms in total. The number of halogens is 1. The molecule has 0 saturated heterocycles. The van der Waals surface area contributed by atoms with Crippen LogP contribution in [0.5, 0.6) is 0 Å². The summed E-state index contributed by atoms with van der Waals surface area (Å²) < 4.78 is 0. The van der Waals surface area contributed by atoms with Crippen molar-refractivity contribution in [1.82, 2.24) is 9.97 Å². The number of aryl methyl sites for hydroxylation is 2. The Hall–Kier alpha value is -1.15. The molecule has 0 aliphatic rings. The molecule has 1 aromatic carbocycles. The van der Waals surface area contributed by atoms with Gasteiger partial charge >= 0.3 is 0 Å². The van der Waals surface area contributed by atoms with Gasteiger partial charge in [-0.15, -0.1) is 0 Å². The third-order valence-electron chi connectivity index (χ3n) is 1.92. The molecule has 0 unspecified atom stereocenters. The molecule has 0 spiro atoms. The van der Waals surface area contributed by atoms with Crippen LogP contribution in [-0.2, 0) is 0 Å². The molecule has 2 aromatic rings. The van der Waals surface area contributed by atoms with Crippen LogP contribution in [0.15, 0.2) is 18.2 Å². The van der Waals surface area contributed by atoms with Gasteiger partial charge in [-0.3, -0.25) is 0 Å². The highest BCUT2D eigenvalue weighted by Crippen LogP contribution is 2.20. The molecule has 2 rings (SSSR count). The molecule has 0 N–H and O–H groups in total. The lowest BCUT2D eigenvalue weighted by molar-refractivity contribution is 1.09. The molecule has 1 heterocycles. The van der Waals surface area contributed by atoms with Crippen molar-refractivity contribution in [1.29, 1.82) is 0 Å². The quantitative estimate of drug-likeness (QED) is 0.600. The fourth-order valence-electron chi connectivity index (χ4n) is 1.31. The molecular formula is C10H9ClN2. The van der Waals surface area contributed by atoms with E-state index in [2.05, 4.69) is 9.97 Å². The highest BCUT2D eigenvalue weighted by atomic mass is 35.5. The summed E-state index contributed by atoms with van der Waals surface area (Å²) >= 11 is 5.98. The second-order valence-corrected chi connectivity index (χ2v) is 3.44. The predicted octanol–water partition coefficient (Wildman–Crippen LogP) is 2.90. The van der Waals surface area contributed by atoms with Gasteiger partial charge in [0.05, 0.1) is 5.52 Å². The summed E-state index contributed by atoms with van der Waals surface area (Å²) in [5.74, 6) is 0.710. The Bertz CT molecular complexity index is 466. The van der Waals surface area contributed by atoms with Gasteiger partial charge in [-0.2, -0.15) is 0 Å². The Labute approximate surface area is 81.6 Å². The van der Waals surface area contributed by atoms with Crippen molar-refractivity contribution < 1.29 is 0 Å². The summed E-state index contributed by atoms with van der Waals surface area (Å²) in [6.07, 6.45) is 0. The van der Waals surface area contributed by atoms with Crippen LogP contribution in [0, 0.1) is 13.8 Å². The molecule has 0 aliphatic carbocycles. The van der Waals surface area contributed by atoms with Crippen LogP contribution in [-0.4, -0.2) is 9.97 Å². The maximum Gasteiger partial charge on any atom is 0.140 e. The van der Waals surface area contributed by atoms with Gasteiger partial charge in [0.25, 0.3) is 0 Å². The van der Waals surface area contributed by atoms with E-state index in [0.29, 0.717) is 11.0 Å². The van der Waals surface area contributed by atoms with Crippen molar-refractivity contribution in [3.8, 4) is 0 Å². The van der Waals surface area contributed by atoms with E-state index in [-0.39, 0.29) is 0 Å². The lowest BCUT2D eigenvalue weighted by Gasteiger charge is -2.01. The summed E-state index contributed by atoms with van der Waals surface area (Å²) in [7, 11) is 0. The van der Waals surface area contributed by atoms with Gasteiger partial charge in [0.15, 0.2) is 0 Å². The Morgan fingerprint density at radius 2 is 1.92 bits per heavy atom. The van der Waals surface area contributed by atoms with Crippen LogP contribution in [0.2, 0.25) is 5.15 Å². The average molecular weight is 193 g/mol. The number of nitrogens with zero attached hydrogens (tertiary/aromatic N) is 2. The Morgan fingerprint density at radius 3 is 2.69 bits per heavy atom. The maximum absolute atomic E-state index is 5.98. The van der Waals surface area contributed by atoms with E-state index < -0.39 is 0 Å². The predicted molar refractivity (Wildman–Crippen MR) is 54.0 cm³/mol. The van der Waals surface area contributed by atoms with Crippen molar-refractivity contribution in [3.05, 3.63) is 34.7 Å². The zero-order valence-corrected chi connectivity index (χ0v) is 8.26. The van der Waals surface area contributed by atoms with Crippen LogP contribution in [0.3, 0.4) is 0 Å². The standard InChI is InChI=1S/C10H9ClN2/c1-6-3-4-9-8(5-6)10(11)13-7(2)12-9/h3-5H,1-2H3. The molecule has 1 aromatic heterocycles. The van der Waals surface area contributed by atoms with Crippen LogP contribution in [0.1, 0.15) is 11.4 Å². The second kappa shape index (κ2) is 2.96. The number of fused-ring (bicyclic) bond motifs is 1. The maximum atomic E-state index is 5.98. The zero-order valence-electron chi connectivity index (χ0n) is 7.50. The fraction of sp³-hybridized carbons (Fsp3) is 0.200. The summed E-state index contributed by atoms with van der Waals surface area (Å²) in [6.45, 7) is 3.86. The van der Waals surface area contributed by atoms with E-state index in [4.69, 9.17) is 11.6 Å². The summed E-state index contributed by atoms with van der Waals surface area (Å²) in [6, 6.07) is 5.98. The summed E-state index contributed by atoms with van der Waals surface area (Å²) in [5.41, 5.74) is 2.07. The highest BCUT2D eigenvalue weighted by Gasteiger charge is 2.02. The van der Waals surface area contributed by atoms with Crippen molar-refractivity contribution in [2.45, 2.75) is 13.8 Å². The largest absolute Gasteiger partial charge is 0.233 e.